The zero-order valence-electron chi connectivity index (χ0n) is 18.4. The van der Waals surface area contributed by atoms with Crippen molar-refractivity contribution in [2.45, 2.75) is 13.2 Å². The van der Waals surface area contributed by atoms with Gasteiger partial charge in [-0.1, -0.05) is 36.4 Å². The van der Waals surface area contributed by atoms with Crippen molar-refractivity contribution in [3.63, 3.8) is 0 Å². The summed E-state index contributed by atoms with van der Waals surface area (Å²) in [6.45, 7) is 0.453. The molecule has 4 aromatic rings. The molecular formula is C25H23FN4O3S. The summed E-state index contributed by atoms with van der Waals surface area (Å²) in [6.07, 6.45) is 2.59. The van der Waals surface area contributed by atoms with E-state index in [1.165, 1.54) is 18.5 Å². The number of hydrogen-bond acceptors (Lipinski definition) is 6. The van der Waals surface area contributed by atoms with Gasteiger partial charge in [0.25, 0.3) is 0 Å². The van der Waals surface area contributed by atoms with Crippen molar-refractivity contribution in [2.75, 3.05) is 11.6 Å². The summed E-state index contributed by atoms with van der Waals surface area (Å²) in [6, 6.07) is 23.0. The fourth-order valence-corrected chi connectivity index (χ4v) is 3.66. The van der Waals surface area contributed by atoms with Crippen molar-refractivity contribution in [3.05, 3.63) is 102 Å². The van der Waals surface area contributed by atoms with Gasteiger partial charge in [-0.3, -0.25) is 0 Å². The van der Waals surface area contributed by atoms with Gasteiger partial charge in [-0.15, -0.1) is 0 Å². The monoisotopic (exact) mass is 478 g/mol. The fraction of sp³-hybridized carbons (Fsp3) is 0.120. The molecule has 0 saturated heterocycles. The number of nitrogens with one attached hydrogen (secondary N) is 2. The highest BCUT2D eigenvalue weighted by molar-refractivity contribution is 7.88. The standard InChI is InChI=1S/C25H23FN4O3S/c1-34(31,32)29-15-18-9-11-21(12-10-18)30-25-14-23(27-17-28-25)22-7-2-3-8-24(22)33-16-19-5-4-6-20(26)13-19/h2-14,17,29H,15-16H2,1H3,(H,27,28,30). The molecule has 0 aliphatic heterocycles. The molecule has 0 saturated carbocycles. The van der Waals surface area contributed by atoms with Gasteiger partial charge in [0, 0.05) is 23.9 Å². The number of nitrogens with zero attached hydrogens (tertiary/aromatic N) is 2. The average Bonchev–Trinajstić information content (AvgIpc) is 2.82. The van der Waals surface area contributed by atoms with Crippen molar-refractivity contribution >= 4 is 21.5 Å². The second-order valence-corrected chi connectivity index (χ2v) is 9.45. The highest BCUT2D eigenvalue weighted by Gasteiger charge is 2.10. The lowest BCUT2D eigenvalue weighted by atomic mass is 10.1. The van der Waals surface area contributed by atoms with Crippen LogP contribution in [0.15, 0.2) is 85.2 Å². The Hall–Kier alpha value is -3.82. The largest absolute Gasteiger partial charge is 0.488 e. The van der Waals surface area contributed by atoms with E-state index < -0.39 is 10.0 Å². The molecular weight excluding hydrogens is 455 g/mol. The lowest BCUT2D eigenvalue weighted by Crippen LogP contribution is -2.21. The van der Waals surface area contributed by atoms with Crippen LogP contribution in [0, 0.1) is 5.82 Å². The Morgan fingerprint density at radius 2 is 1.71 bits per heavy atom. The molecule has 2 N–H and O–H groups in total. The van der Waals surface area contributed by atoms with Gasteiger partial charge in [-0.2, -0.15) is 0 Å². The smallest absolute Gasteiger partial charge is 0.209 e. The maximum Gasteiger partial charge on any atom is 0.209 e. The summed E-state index contributed by atoms with van der Waals surface area (Å²) in [5, 5.41) is 3.22. The van der Waals surface area contributed by atoms with Crippen LogP contribution in [0.4, 0.5) is 15.9 Å². The molecule has 0 aliphatic carbocycles. The van der Waals surface area contributed by atoms with Crippen LogP contribution < -0.4 is 14.8 Å². The highest BCUT2D eigenvalue weighted by Crippen LogP contribution is 2.30. The molecule has 34 heavy (non-hydrogen) atoms. The Kier molecular flexibility index (Phi) is 7.15. The summed E-state index contributed by atoms with van der Waals surface area (Å²) < 4.78 is 44.4. The van der Waals surface area contributed by atoms with Crippen molar-refractivity contribution in [1.82, 2.24) is 14.7 Å². The Bertz CT molecular complexity index is 1380. The number of sulfonamides is 1. The zero-order valence-corrected chi connectivity index (χ0v) is 19.2. The molecule has 1 aromatic heterocycles. The quantitative estimate of drug-likeness (QED) is 0.364. The number of ether oxygens (including phenoxy) is 1. The number of halogens is 1. The van der Waals surface area contributed by atoms with Crippen LogP contribution in [0.1, 0.15) is 11.1 Å². The molecule has 0 fully saturated rings. The van der Waals surface area contributed by atoms with Crippen LogP contribution in [-0.2, 0) is 23.2 Å². The van der Waals surface area contributed by atoms with Crippen molar-refractivity contribution in [3.8, 4) is 17.0 Å². The molecule has 1 heterocycles. The molecule has 0 amide bonds. The number of rotatable bonds is 9. The van der Waals surface area contributed by atoms with E-state index in [1.807, 2.05) is 54.6 Å². The molecule has 0 atom stereocenters. The van der Waals surface area contributed by atoms with Crippen LogP contribution >= 0.6 is 0 Å². The van der Waals surface area contributed by atoms with E-state index in [2.05, 4.69) is 20.0 Å². The number of aromatic nitrogens is 2. The number of anilines is 2. The van der Waals surface area contributed by atoms with E-state index in [1.54, 1.807) is 12.1 Å². The van der Waals surface area contributed by atoms with Gasteiger partial charge in [-0.05, 0) is 47.5 Å². The minimum Gasteiger partial charge on any atom is -0.488 e. The lowest BCUT2D eigenvalue weighted by Gasteiger charge is -2.12. The van der Waals surface area contributed by atoms with Gasteiger partial charge < -0.3 is 10.1 Å². The lowest BCUT2D eigenvalue weighted by molar-refractivity contribution is 0.307. The maximum absolute atomic E-state index is 13.5. The first-order valence-corrected chi connectivity index (χ1v) is 12.3. The van der Waals surface area contributed by atoms with Gasteiger partial charge in [0.05, 0.1) is 11.9 Å². The molecule has 7 nitrogen and oxygen atoms in total. The van der Waals surface area contributed by atoms with Crippen molar-refractivity contribution in [1.29, 1.82) is 0 Å². The Labute approximate surface area is 197 Å². The minimum atomic E-state index is -3.25. The Morgan fingerprint density at radius 1 is 0.912 bits per heavy atom. The topological polar surface area (TPSA) is 93.2 Å². The SMILES string of the molecule is CS(=O)(=O)NCc1ccc(Nc2cc(-c3ccccc3OCc3cccc(F)c3)ncn2)cc1. The second-order valence-electron chi connectivity index (χ2n) is 7.62. The fourth-order valence-electron chi connectivity index (χ4n) is 3.23. The summed E-state index contributed by atoms with van der Waals surface area (Å²) in [5.41, 5.74) is 3.81. The van der Waals surface area contributed by atoms with Gasteiger partial charge in [0.1, 0.15) is 30.3 Å². The first kappa shape index (κ1) is 23.3. The summed E-state index contributed by atoms with van der Waals surface area (Å²) in [7, 11) is -3.25. The Balaban J connectivity index is 1.47. The number of benzene rings is 3. The van der Waals surface area contributed by atoms with Gasteiger partial charge in [-0.25, -0.2) is 27.5 Å². The highest BCUT2D eigenvalue weighted by atomic mass is 32.2. The summed E-state index contributed by atoms with van der Waals surface area (Å²) in [4.78, 5) is 8.67. The predicted molar refractivity (Wildman–Crippen MR) is 130 cm³/mol. The third kappa shape index (κ3) is 6.60. The van der Waals surface area contributed by atoms with E-state index in [0.717, 1.165) is 28.6 Å². The van der Waals surface area contributed by atoms with E-state index in [-0.39, 0.29) is 19.0 Å². The first-order valence-electron chi connectivity index (χ1n) is 10.4. The van der Waals surface area contributed by atoms with Crippen LogP contribution in [-0.4, -0.2) is 24.6 Å². The van der Waals surface area contributed by atoms with Crippen LogP contribution in [0.25, 0.3) is 11.3 Å². The van der Waals surface area contributed by atoms with Gasteiger partial charge >= 0.3 is 0 Å². The van der Waals surface area contributed by atoms with E-state index in [9.17, 15) is 12.8 Å². The van der Waals surface area contributed by atoms with Crippen LogP contribution in [0.2, 0.25) is 0 Å². The van der Waals surface area contributed by atoms with E-state index >= 15 is 0 Å². The molecule has 0 spiro atoms. The number of hydrogen-bond donors (Lipinski definition) is 2. The molecule has 0 radical (unpaired) electrons. The second kappa shape index (κ2) is 10.4. The normalized spacial score (nSPS) is 11.2. The van der Waals surface area contributed by atoms with Crippen molar-refractivity contribution < 1.29 is 17.5 Å². The zero-order chi connectivity index (χ0) is 24.0. The average molecular weight is 479 g/mol. The Morgan fingerprint density at radius 3 is 2.47 bits per heavy atom. The minimum absolute atomic E-state index is 0.225. The van der Waals surface area contributed by atoms with Gasteiger partial charge in [0.2, 0.25) is 10.0 Å². The summed E-state index contributed by atoms with van der Waals surface area (Å²) >= 11 is 0. The molecule has 0 bridgehead atoms. The van der Waals surface area contributed by atoms with Crippen LogP contribution in [0.5, 0.6) is 5.75 Å². The molecule has 4 rings (SSSR count). The van der Waals surface area contributed by atoms with Crippen molar-refractivity contribution in [2.24, 2.45) is 0 Å². The third-order valence-corrected chi connectivity index (χ3v) is 5.55. The first-order chi connectivity index (χ1) is 16.4. The molecule has 3 aromatic carbocycles. The molecule has 0 aliphatic rings. The maximum atomic E-state index is 13.5. The van der Waals surface area contributed by atoms with Crippen LogP contribution in [0.3, 0.4) is 0 Å². The predicted octanol–water partition coefficient (Wildman–Crippen LogP) is 4.65. The summed E-state index contributed by atoms with van der Waals surface area (Å²) in [5.74, 6) is 0.909. The third-order valence-electron chi connectivity index (χ3n) is 4.88. The number of para-hydroxylation sites is 1. The van der Waals surface area contributed by atoms with Gasteiger partial charge in [0.15, 0.2) is 0 Å². The molecule has 174 valence electrons. The molecule has 9 heteroatoms. The van der Waals surface area contributed by atoms with E-state index in [0.29, 0.717) is 17.3 Å². The van der Waals surface area contributed by atoms with E-state index in [4.69, 9.17) is 4.74 Å². The molecule has 0 unspecified atom stereocenters.